The molecule has 0 aromatic carbocycles. The van der Waals surface area contributed by atoms with Crippen LogP contribution in [0.2, 0.25) is 0 Å². The molecule has 352 valence electrons. The van der Waals surface area contributed by atoms with Crippen LogP contribution >= 0.6 is 0 Å². The van der Waals surface area contributed by atoms with Crippen LogP contribution in [0.4, 0.5) is 0 Å². The first-order chi connectivity index (χ1) is 30.0. The number of unbranched alkanes of at least 4 members (excludes halogenated alkanes) is 25. The summed E-state index contributed by atoms with van der Waals surface area (Å²) in [5.74, 6) is -0.912. The van der Waals surface area contributed by atoms with Gasteiger partial charge in [-0.1, -0.05) is 191 Å². The molecular weight excluding hydrogens is 757 g/mol. The van der Waals surface area contributed by atoms with Crippen LogP contribution in [-0.4, -0.2) is 37.2 Å². The second kappa shape index (κ2) is 49.8. The second-order valence-electron chi connectivity index (χ2n) is 17.0. The zero-order valence-corrected chi connectivity index (χ0v) is 40.2. The molecule has 0 unspecified atom stereocenters. The minimum atomic E-state index is -0.786. The number of allylic oxidation sites excluding steroid dienone is 10. The van der Waals surface area contributed by atoms with Crippen molar-refractivity contribution in [3.63, 3.8) is 0 Å². The first kappa shape index (κ1) is 58.1. The van der Waals surface area contributed by atoms with Gasteiger partial charge in [0.2, 0.25) is 0 Å². The number of esters is 3. The lowest BCUT2D eigenvalue weighted by Gasteiger charge is -2.18. The van der Waals surface area contributed by atoms with E-state index in [2.05, 4.69) is 81.5 Å². The molecule has 0 aromatic heterocycles. The molecule has 0 radical (unpaired) electrons. The van der Waals surface area contributed by atoms with Gasteiger partial charge in [0.15, 0.2) is 6.10 Å². The van der Waals surface area contributed by atoms with E-state index in [0.717, 1.165) is 109 Å². The minimum absolute atomic E-state index is 0.0851. The summed E-state index contributed by atoms with van der Waals surface area (Å²) >= 11 is 0. The topological polar surface area (TPSA) is 78.9 Å². The second-order valence-corrected chi connectivity index (χ2v) is 17.0. The van der Waals surface area contributed by atoms with Crippen LogP contribution in [0, 0.1) is 0 Å². The van der Waals surface area contributed by atoms with Crippen molar-refractivity contribution in [1.29, 1.82) is 0 Å². The normalized spacial score (nSPS) is 12.5. The highest BCUT2D eigenvalue weighted by Gasteiger charge is 2.19. The fourth-order valence-electron chi connectivity index (χ4n) is 7.09. The molecule has 0 fully saturated rings. The van der Waals surface area contributed by atoms with E-state index in [9.17, 15) is 14.4 Å². The van der Waals surface area contributed by atoms with E-state index in [1.807, 2.05) is 0 Å². The number of ether oxygens (including phenoxy) is 3. The maximum Gasteiger partial charge on any atom is 0.306 e. The summed E-state index contributed by atoms with van der Waals surface area (Å²) in [5.41, 5.74) is 0. The molecule has 6 heteroatoms. The molecule has 0 N–H and O–H groups in total. The van der Waals surface area contributed by atoms with Gasteiger partial charge in [0, 0.05) is 19.3 Å². The van der Waals surface area contributed by atoms with E-state index in [4.69, 9.17) is 14.2 Å². The third kappa shape index (κ3) is 48.0. The van der Waals surface area contributed by atoms with Gasteiger partial charge in [0.05, 0.1) is 0 Å². The number of carbonyl (C=O) groups is 3. The van der Waals surface area contributed by atoms with Crippen molar-refractivity contribution in [3.05, 3.63) is 60.8 Å². The number of rotatable bonds is 46. The maximum atomic E-state index is 12.8. The fourth-order valence-corrected chi connectivity index (χ4v) is 7.09. The Morgan fingerprint density at radius 1 is 0.344 bits per heavy atom. The minimum Gasteiger partial charge on any atom is -0.462 e. The van der Waals surface area contributed by atoms with Gasteiger partial charge in [-0.05, 0) is 103 Å². The Balaban J connectivity index is 4.41. The Morgan fingerprint density at radius 3 is 1.02 bits per heavy atom. The van der Waals surface area contributed by atoms with Crippen molar-refractivity contribution < 1.29 is 28.6 Å². The Hall–Kier alpha value is -2.89. The molecule has 61 heavy (non-hydrogen) atoms. The molecule has 0 bridgehead atoms. The summed E-state index contributed by atoms with van der Waals surface area (Å²) < 4.78 is 16.8. The Bertz CT molecular complexity index is 1120. The van der Waals surface area contributed by atoms with Gasteiger partial charge in [-0.2, -0.15) is 0 Å². The van der Waals surface area contributed by atoms with Crippen LogP contribution in [0.1, 0.15) is 252 Å². The molecule has 0 spiro atoms. The SMILES string of the molecule is CC/C=C\C/C=C\C/C=C\CCCCCCCC(=O)OC[C@H](COC(=O)CCCCCCCCC/C=C\CCCCCC)OC(=O)CCCCCCC/C=C\CCCCCC. The highest BCUT2D eigenvalue weighted by atomic mass is 16.6. The van der Waals surface area contributed by atoms with E-state index in [0.29, 0.717) is 19.3 Å². The molecule has 0 rings (SSSR count). The average molecular weight is 853 g/mol. The van der Waals surface area contributed by atoms with Gasteiger partial charge < -0.3 is 14.2 Å². The van der Waals surface area contributed by atoms with E-state index in [1.54, 1.807) is 0 Å². The molecular formula is C55H96O6. The standard InChI is InChI=1S/C55H96O6/c1-4-7-10-13-16-19-22-25-27-30-32-35-38-41-44-47-53(56)59-50-52(61-55(58)49-46-43-40-37-34-29-24-21-18-15-12-9-6-3)51-60-54(57)48-45-42-39-36-33-31-28-26-23-20-17-14-11-8-5-2/h7,10,16,19-21,23-25,27,52H,4-6,8-9,11-15,17-18,22,26,28-51H2,1-3H3/b10-7-,19-16-,23-20-,24-21-,27-25-/t52-/m1/s1. The van der Waals surface area contributed by atoms with Crippen molar-refractivity contribution >= 4 is 17.9 Å². The first-order valence-electron chi connectivity index (χ1n) is 25.8. The highest BCUT2D eigenvalue weighted by Crippen LogP contribution is 2.14. The van der Waals surface area contributed by atoms with Gasteiger partial charge in [-0.15, -0.1) is 0 Å². The largest absolute Gasteiger partial charge is 0.462 e. The van der Waals surface area contributed by atoms with Crippen molar-refractivity contribution in [2.24, 2.45) is 0 Å². The van der Waals surface area contributed by atoms with Crippen molar-refractivity contribution in [1.82, 2.24) is 0 Å². The summed E-state index contributed by atoms with van der Waals surface area (Å²) in [6.45, 7) is 6.48. The van der Waals surface area contributed by atoms with Gasteiger partial charge >= 0.3 is 17.9 Å². The third-order valence-corrected chi connectivity index (χ3v) is 11.0. The lowest BCUT2D eigenvalue weighted by molar-refractivity contribution is -0.167. The van der Waals surface area contributed by atoms with Gasteiger partial charge in [0.25, 0.3) is 0 Å². The maximum absolute atomic E-state index is 12.8. The fraction of sp³-hybridized carbons (Fsp3) is 0.764. The zero-order chi connectivity index (χ0) is 44.4. The monoisotopic (exact) mass is 853 g/mol. The zero-order valence-electron chi connectivity index (χ0n) is 40.2. The summed E-state index contributed by atoms with van der Waals surface area (Å²) in [6.07, 6.45) is 60.5. The van der Waals surface area contributed by atoms with Crippen molar-refractivity contribution in [2.75, 3.05) is 13.2 Å². The van der Waals surface area contributed by atoms with Crippen molar-refractivity contribution in [2.45, 2.75) is 258 Å². The van der Waals surface area contributed by atoms with Crippen LogP contribution in [0.15, 0.2) is 60.8 Å². The number of hydrogen-bond acceptors (Lipinski definition) is 6. The summed E-state index contributed by atoms with van der Waals surface area (Å²) in [4.78, 5) is 38.0. The molecule has 1 atom stereocenters. The molecule has 0 aromatic rings. The van der Waals surface area contributed by atoms with Crippen LogP contribution in [0.3, 0.4) is 0 Å². The molecule has 0 saturated carbocycles. The lowest BCUT2D eigenvalue weighted by atomic mass is 10.1. The smallest absolute Gasteiger partial charge is 0.306 e. The Morgan fingerprint density at radius 2 is 0.639 bits per heavy atom. The third-order valence-electron chi connectivity index (χ3n) is 11.0. The van der Waals surface area contributed by atoms with E-state index in [1.165, 1.54) is 103 Å². The molecule has 0 saturated heterocycles. The lowest BCUT2D eigenvalue weighted by Crippen LogP contribution is -2.30. The first-order valence-corrected chi connectivity index (χ1v) is 25.8. The quantitative estimate of drug-likeness (QED) is 0.0263. The van der Waals surface area contributed by atoms with E-state index < -0.39 is 6.10 Å². The number of hydrogen-bond donors (Lipinski definition) is 0. The molecule has 6 nitrogen and oxygen atoms in total. The number of carbonyl (C=O) groups excluding carboxylic acids is 3. The Labute approximate surface area is 377 Å². The highest BCUT2D eigenvalue weighted by molar-refractivity contribution is 5.71. The molecule has 0 heterocycles. The molecule has 0 aliphatic carbocycles. The van der Waals surface area contributed by atoms with Gasteiger partial charge in [-0.3, -0.25) is 14.4 Å². The van der Waals surface area contributed by atoms with Crippen LogP contribution < -0.4 is 0 Å². The summed E-state index contributed by atoms with van der Waals surface area (Å²) in [6, 6.07) is 0. The van der Waals surface area contributed by atoms with E-state index in [-0.39, 0.29) is 31.1 Å². The van der Waals surface area contributed by atoms with E-state index >= 15 is 0 Å². The Kier molecular flexibility index (Phi) is 47.4. The average Bonchev–Trinajstić information content (AvgIpc) is 3.26. The van der Waals surface area contributed by atoms with Gasteiger partial charge in [-0.25, -0.2) is 0 Å². The summed E-state index contributed by atoms with van der Waals surface area (Å²) in [7, 11) is 0. The predicted octanol–water partition coefficient (Wildman–Crippen LogP) is 16.9. The predicted molar refractivity (Wildman–Crippen MR) is 261 cm³/mol. The summed E-state index contributed by atoms with van der Waals surface area (Å²) in [5, 5.41) is 0. The van der Waals surface area contributed by atoms with Crippen LogP contribution in [-0.2, 0) is 28.6 Å². The van der Waals surface area contributed by atoms with Crippen LogP contribution in [0.25, 0.3) is 0 Å². The van der Waals surface area contributed by atoms with Crippen LogP contribution in [0.5, 0.6) is 0 Å². The molecule has 0 aliphatic rings. The molecule has 0 amide bonds. The molecule has 0 aliphatic heterocycles. The van der Waals surface area contributed by atoms with Gasteiger partial charge in [0.1, 0.15) is 13.2 Å². The van der Waals surface area contributed by atoms with Crippen molar-refractivity contribution in [3.8, 4) is 0 Å².